The van der Waals surface area contributed by atoms with Gasteiger partial charge in [-0.15, -0.1) is 0 Å². The summed E-state index contributed by atoms with van der Waals surface area (Å²) in [5.74, 6) is 1.30. The molecule has 7 heteroatoms. The van der Waals surface area contributed by atoms with Crippen molar-refractivity contribution in [3.8, 4) is 17.2 Å². The molecule has 0 unspecified atom stereocenters. The minimum absolute atomic E-state index is 0.0270. The van der Waals surface area contributed by atoms with Crippen LogP contribution >= 0.6 is 0 Å². The molecule has 7 nitrogen and oxygen atoms in total. The van der Waals surface area contributed by atoms with Crippen LogP contribution in [-0.4, -0.2) is 32.4 Å². The van der Waals surface area contributed by atoms with Gasteiger partial charge in [-0.2, -0.15) is 15.3 Å². The normalized spacial score (nSPS) is 14.3. The second-order valence-electron chi connectivity index (χ2n) is 9.10. The highest BCUT2D eigenvalue weighted by atomic mass is 16.5. The molecule has 2 aromatic carbocycles. The smallest absolute Gasteiger partial charge is 0.259 e. The van der Waals surface area contributed by atoms with E-state index < -0.39 is 0 Å². The number of nitrogens with zero attached hydrogens (tertiary/aromatic N) is 5. The van der Waals surface area contributed by atoms with Crippen LogP contribution in [0.3, 0.4) is 0 Å². The van der Waals surface area contributed by atoms with Gasteiger partial charge < -0.3 is 4.74 Å². The first-order chi connectivity index (χ1) is 17.1. The Bertz CT molecular complexity index is 1450. The van der Waals surface area contributed by atoms with Gasteiger partial charge in [-0.05, 0) is 48.9 Å². The first-order valence-electron chi connectivity index (χ1n) is 12.3. The molecule has 0 aliphatic carbocycles. The number of aromatic nitrogens is 4. The van der Waals surface area contributed by atoms with E-state index in [1.54, 1.807) is 0 Å². The standard InChI is InChI=1S/C28H29N5O2/c1-3-6-26-25(17-20-9-11-21(12-10-20)24-8-5-4-7-22(24)18-29)27(34)32(23-13-15-35-16-14-23)28-30-19(2)31-33(26)28/h4-5,7-12,23H,3,6,13-17H2,1-2H3. The monoisotopic (exact) mass is 467 g/mol. The van der Waals surface area contributed by atoms with E-state index in [1.807, 2.05) is 64.5 Å². The number of rotatable bonds is 6. The maximum atomic E-state index is 14.0. The third-order valence-corrected chi connectivity index (χ3v) is 6.73. The number of benzene rings is 2. The van der Waals surface area contributed by atoms with Gasteiger partial charge in [0.15, 0.2) is 0 Å². The fourth-order valence-electron chi connectivity index (χ4n) is 5.01. The molecule has 0 bridgehead atoms. The Kier molecular flexibility index (Phi) is 6.47. The van der Waals surface area contributed by atoms with Crippen LogP contribution < -0.4 is 5.56 Å². The molecule has 178 valence electrons. The number of nitriles is 1. The molecule has 0 spiro atoms. The fraction of sp³-hybridized carbons (Fsp3) is 0.357. The van der Waals surface area contributed by atoms with Crippen LogP contribution in [0.25, 0.3) is 16.9 Å². The maximum absolute atomic E-state index is 14.0. The van der Waals surface area contributed by atoms with E-state index in [0.717, 1.165) is 53.6 Å². The SMILES string of the molecule is CCCc1c(Cc2ccc(-c3ccccc3C#N)cc2)c(=O)n(C2CCOCC2)c2nc(C)nn12. The van der Waals surface area contributed by atoms with Crippen LogP contribution in [0, 0.1) is 18.3 Å². The largest absolute Gasteiger partial charge is 0.381 e. The molecule has 0 amide bonds. The van der Waals surface area contributed by atoms with Crippen molar-refractivity contribution >= 4 is 5.78 Å². The number of ether oxygens (including phenoxy) is 1. The Morgan fingerprint density at radius 1 is 1.11 bits per heavy atom. The summed E-state index contributed by atoms with van der Waals surface area (Å²) < 4.78 is 9.30. The predicted molar refractivity (Wildman–Crippen MR) is 134 cm³/mol. The first-order valence-corrected chi connectivity index (χ1v) is 12.3. The Labute approximate surface area is 204 Å². The van der Waals surface area contributed by atoms with E-state index in [4.69, 9.17) is 4.74 Å². The van der Waals surface area contributed by atoms with Gasteiger partial charge in [0, 0.05) is 31.2 Å². The van der Waals surface area contributed by atoms with Crippen LogP contribution in [0.2, 0.25) is 0 Å². The first kappa shape index (κ1) is 23.0. The van der Waals surface area contributed by atoms with Gasteiger partial charge >= 0.3 is 0 Å². The lowest BCUT2D eigenvalue weighted by Gasteiger charge is -2.26. The molecule has 1 saturated heterocycles. The molecule has 1 aliphatic heterocycles. The van der Waals surface area contributed by atoms with Crippen LogP contribution in [0.4, 0.5) is 0 Å². The number of aryl methyl sites for hydroxylation is 2. The lowest BCUT2D eigenvalue weighted by atomic mass is 9.97. The molecule has 2 aromatic heterocycles. The van der Waals surface area contributed by atoms with Crippen molar-refractivity contribution in [3.05, 3.63) is 87.1 Å². The summed E-state index contributed by atoms with van der Waals surface area (Å²) in [6.45, 7) is 5.28. The van der Waals surface area contributed by atoms with Crippen LogP contribution in [-0.2, 0) is 17.6 Å². The van der Waals surface area contributed by atoms with E-state index in [0.29, 0.717) is 36.8 Å². The van der Waals surface area contributed by atoms with Gasteiger partial charge in [-0.1, -0.05) is 55.8 Å². The lowest BCUT2D eigenvalue weighted by molar-refractivity contribution is 0.0693. The molecule has 0 saturated carbocycles. The van der Waals surface area contributed by atoms with Gasteiger partial charge in [-0.3, -0.25) is 9.36 Å². The van der Waals surface area contributed by atoms with Crippen molar-refractivity contribution in [2.24, 2.45) is 0 Å². The quantitative estimate of drug-likeness (QED) is 0.413. The molecule has 0 atom stereocenters. The zero-order chi connectivity index (χ0) is 24.4. The molecular weight excluding hydrogens is 438 g/mol. The average molecular weight is 468 g/mol. The van der Waals surface area contributed by atoms with Crippen molar-refractivity contribution < 1.29 is 4.74 Å². The molecule has 35 heavy (non-hydrogen) atoms. The molecule has 1 fully saturated rings. The Hall–Kier alpha value is -3.76. The summed E-state index contributed by atoms with van der Waals surface area (Å²) in [4.78, 5) is 18.6. The van der Waals surface area contributed by atoms with Crippen LogP contribution in [0.1, 0.15) is 60.4 Å². The Morgan fingerprint density at radius 3 is 2.57 bits per heavy atom. The molecule has 1 aliphatic rings. The third-order valence-electron chi connectivity index (χ3n) is 6.73. The number of hydrogen-bond donors (Lipinski definition) is 0. The van der Waals surface area contributed by atoms with E-state index in [9.17, 15) is 10.1 Å². The summed E-state index contributed by atoms with van der Waals surface area (Å²) >= 11 is 0. The zero-order valence-corrected chi connectivity index (χ0v) is 20.2. The summed E-state index contributed by atoms with van der Waals surface area (Å²) in [5, 5.41) is 14.1. The molecule has 5 rings (SSSR count). The van der Waals surface area contributed by atoms with Crippen LogP contribution in [0.5, 0.6) is 0 Å². The highest BCUT2D eigenvalue weighted by Crippen LogP contribution is 2.26. The molecule has 0 radical (unpaired) electrons. The number of hydrogen-bond acceptors (Lipinski definition) is 5. The molecule has 3 heterocycles. The zero-order valence-electron chi connectivity index (χ0n) is 20.2. The van der Waals surface area contributed by atoms with Crippen molar-refractivity contribution in [2.75, 3.05) is 13.2 Å². The Morgan fingerprint density at radius 2 is 1.86 bits per heavy atom. The second kappa shape index (κ2) is 9.85. The van der Waals surface area contributed by atoms with Crippen molar-refractivity contribution in [2.45, 2.75) is 52.0 Å². The molecule has 0 N–H and O–H groups in total. The van der Waals surface area contributed by atoms with E-state index in [1.165, 1.54) is 0 Å². The lowest BCUT2D eigenvalue weighted by Crippen LogP contribution is -2.34. The van der Waals surface area contributed by atoms with Gasteiger partial charge in [0.25, 0.3) is 5.56 Å². The van der Waals surface area contributed by atoms with Crippen molar-refractivity contribution in [1.29, 1.82) is 5.26 Å². The van der Waals surface area contributed by atoms with Gasteiger partial charge in [0.1, 0.15) is 5.82 Å². The second-order valence-corrected chi connectivity index (χ2v) is 9.10. The Balaban J connectivity index is 1.59. The van der Waals surface area contributed by atoms with Crippen molar-refractivity contribution in [3.63, 3.8) is 0 Å². The minimum Gasteiger partial charge on any atom is -0.381 e. The van der Waals surface area contributed by atoms with Gasteiger partial charge in [0.05, 0.1) is 17.3 Å². The molecule has 4 aromatic rings. The summed E-state index contributed by atoms with van der Waals surface area (Å²) in [6.07, 6.45) is 3.77. The maximum Gasteiger partial charge on any atom is 0.259 e. The van der Waals surface area contributed by atoms with Crippen molar-refractivity contribution in [1.82, 2.24) is 19.2 Å². The van der Waals surface area contributed by atoms with Gasteiger partial charge in [0.2, 0.25) is 5.78 Å². The minimum atomic E-state index is 0.0270. The summed E-state index contributed by atoms with van der Waals surface area (Å²) in [5.41, 5.74) is 5.34. The van der Waals surface area contributed by atoms with E-state index in [-0.39, 0.29) is 11.6 Å². The summed E-state index contributed by atoms with van der Waals surface area (Å²) in [6, 6.07) is 18.1. The number of fused-ring (bicyclic) bond motifs is 1. The third kappa shape index (κ3) is 4.38. The van der Waals surface area contributed by atoms with Crippen LogP contribution in [0.15, 0.2) is 53.3 Å². The molecular formula is C28H29N5O2. The van der Waals surface area contributed by atoms with Gasteiger partial charge in [-0.25, -0.2) is 4.52 Å². The summed E-state index contributed by atoms with van der Waals surface area (Å²) in [7, 11) is 0. The topological polar surface area (TPSA) is 85.2 Å². The fourth-order valence-corrected chi connectivity index (χ4v) is 5.01. The average Bonchev–Trinajstić information content (AvgIpc) is 3.28. The van der Waals surface area contributed by atoms with E-state index in [2.05, 4.69) is 23.1 Å². The van der Waals surface area contributed by atoms with E-state index >= 15 is 0 Å². The highest BCUT2D eigenvalue weighted by molar-refractivity contribution is 5.70. The highest BCUT2D eigenvalue weighted by Gasteiger charge is 2.25. The predicted octanol–water partition coefficient (Wildman–Crippen LogP) is 4.63.